The zero-order chi connectivity index (χ0) is 11.8. The average molecular weight is 345 g/mol. The number of halogens is 1. The molecule has 0 spiro atoms. The normalized spacial score (nSPS) is 20.0. The van der Waals surface area contributed by atoms with E-state index in [2.05, 4.69) is 32.8 Å². The lowest BCUT2D eigenvalue weighted by Gasteiger charge is -2.07. The fraction of sp³-hybridized carbons (Fsp3) is 0.455. The highest BCUT2D eigenvalue weighted by molar-refractivity contribution is 14.1. The lowest BCUT2D eigenvalue weighted by atomic mass is 10.1. The van der Waals surface area contributed by atoms with Crippen LogP contribution in [0.1, 0.15) is 18.2 Å². The van der Waals surface area contributed by atoms with E-state index in [1.54, 1.807) is 7.11 Å². The van der Waals surface area contributed by atoms with Crippen LogP contribution in [-0.2, 0) is 4.74 Å². The van der Waals surface area contributed by atoms with Gasteiger partial charge in [-0.15, -0.1) is 10.2 Å². The van der Waals surface area contributed by atoms with E-state index in [1.165, 1.54) is 0 Å². The van der Waals surface area contributed by atoms with E-state index in [1.807, 2.05) is 16.7 Å². The molecular formula is C11H12IN3O2. The Morgan fingerprint density at radius 3 is 3.12 bits per heavy atom. The van der Waals surface area contributed by atoms with Crippen molar-refractivity contribution in [2.75, 3.05) is 20.3 Å². The Morgan fingerprint density at radius 2 is 2.41 bits per heavy atom. The molecule has 0 N–H and O–H groups in total. The van der Waals surface area contributed by atoms with E-state index in [0.717, 1.165) is 40.4 Å². The number of rotatable bonds is 2. The number of ether oxygens (including phenoxy) is 2. The maximum Gasteiger partial charge on any atom is 0.204 e. The third-order valence-electron chi connectivity index (χ3n) is 3.01. The van der Waals surface area contributed by atoms with Crippen molar-refractivity contribution < 1.29 is 9.47 Å². The van der Waals surface area contributed by atoms with Crippen LogP contribution < -0.4 is 4.74 Å². The fourth-order valence-corrected chi connectivity index (χ4v) is 2.76. The molecule has 17 heavy (non-hydrogen) atoms. The molecule has 1 atom stereocenters. The van der Waals surface area contributed by atoms with Gasteiger partial charge in [0.1, 0.15) is 5.82 Å². The van der Waals surface area contributed by atoms with Crippen LogP contribution in [0.2, 0.25) is 0 Å². The number of hydrogen-bond acceptors (Lipinski definition) is 4. The van der Waals surface area contributed by atoms with Crippen molar-refractivity contribution in [3.05, 3.63) is 21.7 Å². The standard InChI is InChI=1S/C11H12IN3O2/c1-16-9-8(12)2-4-15-10(13-14-11(9)15)7-3-5-17-6-7/h2,4,7H,3,5-6H2,1H3. The quantitative estimate of drug-likeness (QED) is 0.780. The Hall–Kier alpha value is -0.890. The molecule has 1 fully saturated rings. The van der Waals surface area contributed by atoms with Crippen molar-refractivity contribution in [1.29, 1.82) is 0 Å². The van der Waals surface area contributed by atoms with Crippen molar-refractivity contribution in [3.8, 4) is 5.75 Å². The molecule has 0 saturated carbocycles. The third kappa shape index (κ3) is 1.79. The summed E-state index contributed by atoms with van der Waals surface area (Å²) in [5, 5.41) is 8.50. The van der Waals surface area contributed by atoms with E-state index >= 15 is 0 Å². The number of nitrogens with zero attached hydrogens (tertiary/aromatic N) is 3. The van der Waals surface area contributed by atoms with Gasteiger partial charge in [0, 0.05) is 18.7 Å². The predicted octanol–water partition coefficient (Wildman–Crippen LogP) is 1.85. The van der Waals surface area contributed by atoms with Crippen LogP contribution >= 0.6 is 22.6 Å². The van der Waals surface area contributed by atoms with Crippen LogP contribution in [-0.4, -0.2) is 34.9 Å². The maximum atomic E-state index is 5.40. The molecule has 0 amide bonds. The summed E-state index contributed by atoms with van der Waals surface area (Å²) in [5.41, 5.74) is 0.779. The maximum absolute atomic E-state index is 5.40. The Morgan fingerprint density at radius 1 is 1.53 bits per heavy atom. The van der Waals surface area contributed by atoms with E-state index in [0.29, 0.717) is 5.92 Å². The van der Waals surface area contributed by atoms with Crippen molar-refractivity contribution in [2.45, 2.75) is 12.3 Å². The number of fused-ring (bicyclic) bond motifs is 1. The second kappa shape index (κ2) is 4.41. The highest BCUT2D eigenvalue weighted by Crippen LogP contribution is 2.29. The van der Waals surface area contributed by atoms with Gasteiger partial charge in [0.05, 0.1) is 17.3 Å². The van der Waals surface area contributed by atoms with Gasteiger partial charge in [-0.2, -0.15) is 0 Å². The first kappa shape index (κ1) is 11.2. The zero-order valence-corrected chi connectivity index (χ0v) is 11.5. The number of aromatic nitrogens is 3. The number of pyridine rings is 1. The van der Waals surface area contributed by atoms with Gasteiger partial charge in [-0.05, 0) is 35.1 Å². The van der Waals surface area contributed by atoms with E-state index < -0.39 is 0 Å². The summed E-state index contributed by atoms with van der Waals surface area (Å²) < 4.78 is 13.8. The molecule has 3 heterocycles. The molecular weight excluding hydrogens is 333 g/mol. The molecule has 1 saturated heterocycles. The molecule has 5 nitrogen and oxygen atoms in total. The second-order valence-electron chi connectivity index (χ2n) is 4.01. The fourth-order valence-electron chi connectivity index (χ4n) is 2.13. The number of hydrogen-bond donors (Lipinski definition) is 0. The molecule has 0 bridgehead atoms. The zero-order valence-electron chi connectivity index (χ0n) is 9.39. The molecule has 0 aromatic carbocycles. The summed E-state index contributed by atoms with van der Waals surface area (Å²) in [5.74, 6) is 2.09. The lowest BCUT2D eigenvalue weighted by Crippen LogP contribution is -2.04. The smallest absolute Gasteiger partial charge is 0.204 e. The van der Waals surface area contributed by atoms with E-state index in [9.17, 15) is 0 Å². The Kier molecular flexibility index (Phi) is 2.91. The lowest BCUT2D eigenvalue weighted by molar-refractivity contribution is 0.193. The minimum Gasteiger partial charge on any atom is -0.492 e. The van der Waals surface area contributed by atoms with Crippen LogP contribution in [0.3, 0.4) is 0 Å². The van der Waals surface area contributed by atoms with E-state index in [4.69, 9.17) is 9.47 Å². The summed E-state index contributed by atoms with van der Waals surface area (Å²) in [6, 6.07) is 2.01. The third-order valence-corrected chi connectivity index (χ3v) is 3.86. The molecule has 2 aromatic heterocycles. The molecule has 2 aromatic rings. The highest BCUT2D eigenvalue weighted by atomic mass is 127. The molecule has 90 valence electrons. The number of methoxy groups -OCH3 is 1. The first-order chi connectivity index (χ1) is 8.31. The second-order valence-corrected chi connectivity index (χ2v) is 5.17. The molecule has 0 radical (unpaired) electrons. The summed E-state index contributed by atoms with van der Waals surface area (Å²) in [4.78, 5) is 0. The van der Waals surface area contributed by atoms with Crippen LogP contribution in [0.25, 0.3) is 5.65 Å². The SMILES string of the molecule is COc1c(I)ccn2c(C3CCOC3)nnc12. The topological polar surface area (TPSA) is 48.7 Å². The van der Waals surface area contributed by atoms with Gasteiger partial charge in [-0.3, -0.25) is 4.40 Å². The van der Waals surface area contributed by atoms with Crippen LogP contribution in [0.4, 0.5) is 0 Å². The van der Waals surface area contributed by atoms with Crippen LogP contribution in [0.5, 0.6) is 5.75 Å². The predicted molar refractivity (Wildman–Crippen MR) is 70.4 cm³/mol. The average Bonchev–Trinajstić information content (AvgIpc) is 2.96. The van der Waals surface area contributed by atoms with Gasteiger partial charge < -0.3 is 9.47 Å². The molecule has 1 aliphatic rings. The Bertz CT molecular complexity index is 549. The van der Waals surface area contributed by atoms with Gasteiger partial charge in [-0.25, -0.2) is 0 Å². The van der Waals surface area contributed by atoms with Crippen LogP contribution in [0.15, 0.2) is 12.3 Å². The summed E-state index contributed by atoms with van der Waals surface area (Å²) in [6.07, 6.45) is 3.00. The van der Waals surface area contributed by atoms with Crippen molar-refractivity contribution in [1.82, 2.24) is 14.6 Å². The molecule has 3 rings (SSSR count). The van der Waals surface area contributed by atoms with Crippen molar-refractivity contribution in [2.24, 2.45) is 0 Å². The van der Waals surface area contributed by atoms with Gasteiger partial charge in [0.15, 0.2) is 5.75 Å². The van der Waals surface area contributed by atoms with Gasteiger partial charge in [0.25, 0.3) is 0 Å². The Labute approximate surface area is 112 Å². The van der Waals surface area contributed by atoms with Crippen LogP contribution in [0, 0.1) is 3.57 Å². The molecule has 0 aliphatic carbocycles. The van der Waals surface area contributed by atoms with Gasteiger partial charge in [-0.1, -0.05) is 0 Å². The highest BCUT2D eigenvalue weighted by Gasteiger charge is 2.24. The Balaban J connectivity index is 2.15. The minimum atomic E-state index is 0.342. The summed E-state index contributed by atoms with van der Waals surface area (Å²) >= 11 is 2.24. The first-order valence-electron chi connectivity index (χ1n) is 5.46. The van der Waals surface area contributed by atoms with Gasteiger partial charge >= 0.3 is 0 Å². The van der Waals surface area contributed by atoms with Gasteiger partial charge in [0.2, 0.25) is 5.65 Å². The van der Waals surface area contributed by atoms with Crippen molar-refractivity contribution >= 4 is 28.2 Å². The minimum absolute atomic E-state index is 0.342. The molecule has 1 unspecified atom stereocenters. The summed E-state index contributed by atoms with van der Waals surface area (Å²) in [6.45, 7) is 1.54. The summed E-state index contributed by atoms with van der Waals surface area (Å²) in [7, 11) is 1.66. The van der Waals surface area contributed by atoms with Crippen molar-refractivity contribution in [3.63, 3.8) is 0 Å². The first-order valence-corrected chi connectivity index (χ1v) is 6.54. The molecule has 6 heteroatoms. The monoisotopic (exact) mass is 345 g/mol. The molecule has 1 aliphatic heterocycles. The van der Waals surface area contributed by atoms with E-state index in [-0.39, 0.29) is 0 Å². The largest absolute Gasteiger partial charge is 0.492 e.